The van der Waals surface area contributed by atoms with Crippen molar-refractivity contribution in [3.63, 3.8) is 0 Å². The van der Waals surface area contributed by atoms with Crippen LogP contribution in [0.2, 0.25) is 0 Å². The Morgan fingerprint density at radius 1 is 1.23 bits per heavy atom. The lowest BCUT2D eigenvalue weighted by Crippen LogP contribution is -2.45. The fourth-order valence-electron chi connectivity index (χ4n) is 5.56. The minimum absolute atomic E-state index is 0.0102. The number of benzene rings is 1. The van der Waals surface area contributed by atoms with E-state index in [2.05, 4.69) is 16.9 Å². The van der Waals surface area contributed by atoms with Crippen molar-refractivity contribution >= 4 is 11.9 Å². The Balaban J connectivity index is 1.63. The van der Waals surface area contributed by atoms with Crippen LogP contribution in [0.1, 0.15) is 49.8 Å². The van der Waals surface area contributed by atoms with Gasteiger partial charge in [-0.05, 0) is 49.4 Å². The molecule has 0 spiro atoms. The largest absolute Gasteiger partial charge is 0.493 e. The summed E-state index contributed by atoms with van der Waals surface area (Å²) in [6, 6.07) is 5.07. The van der Waals surface area contributed by atoms with E-state index in [1.54, 1.807) is 11.1 Å². The fraction of sp³-hybridized carbons (Fsp3) is 0.571. The maximum atomic E-state index is 13.5. The van der Waals surface area contributed by atoms with Crippen LogP contribution in [-0.2, 0) is 16.0 Å². The smallest absolute Gasteiger partial charge is 0.308 e. The highest BCUT2D eigenvalue weighted by Gasteiger charge is 2.47. The zero-order chi connectivity index (χ0) is 27.8. The number of methoxy groups -OCH3 is 1. The first-order chi connectivity index (χ1) is 19.0. The van der Waals surface area contributed by atoms with E-state index in [1.807, 2.05) is 23.1 Å². The third-order valence-corrected chi connectivity index (χ3v) is 7.54. The summed E-state index contributed by atoms with van der Waals surface area (Å²) in [5.74, 6) is -0.601. The van der Waals surface area contributed by atoms with Crippen molar-refractivity contribution in [1.82, 2.24) is 19.8 Å². The van der Waals surface area contributed by atoms with E-state index in [1.165, 1.54) is 13.4 Å². The number of nitrogens with zero attached hydrogens (tertiary/aromatic N) is 4. The minimum Gasteiger partial charge on any atom is -0.493 e. The van der Waals surface area contributed by atoms with Gasteiger partial charge in [0.05, 0.1) is 19.6 Å². The van der Waals surface area contributed by atoms with Crippen molar-refractivity contribution in [1.29, 1.82) is 0 Å². The molecule has 4 rings (SSSR count). The van der Waals surface area contributed by atoms with Crippen LogP contribution in [-0.4, -0.2) is 94.6 Å². The minimum atomic E-state index is -0.914. The van der Waals surface area contributed by atoms with Crippen molar-refractivity contribution in [2.45, 2.75) is 51.0 Å². The number of aryl methyl sites for hydroxylation is 1. The molecule has 1 amide bonds. The molecular weight excluding hydrogens is 504 g/mol. The fourth-order valence-corrected chi connectivity index (χ4v) is 5.56. The molecule has 0 saturated carbocycles. The Labute approximate surface area is 228 Å². The number of fused-ring (bicyclic) bond motifs is 1. The van der Waals surface area contributed by atoms with Gasteiger partial charge >= 0.3 is 5.97 Å². The third kappa shape index (κ3) is 6.77. The Hall–Kier alpha value is -3.44. The van der Waals surface area contributed by atoms with Gasteiger partial charge in [0.25, 0.3) is 0 Å². The maximum absolute atomic E-state index is 13.5. The summed E-state index contributed by atoms with van der Waals surface area (Å²) in [6.45, 7) is 3.73. The number of hydrogen-bond acceptors (Lipinski definition) is 9. The molecule has 3 heterocycles. The zero-order valence-corrected chi connectivity index (χ0v) is 22.6. The number of aliphatic carboxylic acids is 1. The highest BCUT2D eigenvalue weighted by Crippen LogP contribution is 2.47. The standard InChI is InChI=1S/C28H38N4O7/c1-3-4-10-31(11-5-12-33)25(34)16-32-15-21(19-13-23(37-2)27-24(14-19)38-18-39-27)26(28(35)36)22(32)7-6-20-8-9-29-17-30-20/h8-9,13-14,17,21-22,26,33H,3-7,10-12,15-16,18H2,1-2H3,(H,35,36)/t21-,22+,26?/m1/s1. The Kier molecular flexibility index (Phi) is 9.94. The zero-order valence-electron chi connectivity index (χ0n) is 22.6. The molecule has 0 bridgehead atoms. The number of carboxylic acid groups (broad SMARTS) is 1. The van der Waals surface area contributed by atoms with Gasteiger partial charge in [0, 0.05) is 50.1 Å². The number of amides is 1. The highest BCUT2D eigenvalue weighted by atomic mass is 16.7. The van der Waals surface area contributed by atoms with E-state index < -0.39 is 23.8 Å². The van der Waals surface area contributed by atoms with Crippen LogP contribution >= 0.6 is 0 Å². The van der Waals surface area contributed by atoms with Gasteiger partial charge in [-0.25, -0.2) is 9.97 Å². The van der Waals surface area contributed by atoms with E-state index in [4.69, 9.17) is 14.2 Å². The summed E-state index contributed by atoms with van der Waals surface area (Å²) >= 11 is 0. The molecule has 39 heavy (non-hydrogen) atoms. The highest BCUT2D eigenvalue weighted by molar-refractivity contribution is 5.79. The van der Waals surface area contributed by atoms with Crippen molar-refractivity contribution < 1.29 is 34.0 Å². The van der Waals surface area contributed by atoms with Crippen LogP contribution in [0.25, 0.3) is 0 Å². The molecule has 1 saturated heterocycles. The quantitative estimate of drug-likeness (QED) is 0.366. The predicted octanol–water partition coefficient (Wildman–Crippen LogP) is 2.33. The van der Waals surface area contributed by atoms with Crippen molar-refractivity contribution in [2.75, 3.05) is 46.7 Å². The number of carbonyl (C=O) groups is 2. The number of carboxylic acids is 1. The summed E-state index contributed by atoms with van der Waals surface area (Å²) in [7, 11) is 1.54. The summed E-state index contributed by atoms with van der Waals surface area (Å²) in [6.07, 6.45) is 6.54. The molecule has 2 aliphatic rings. The van der Waals surface area contributed by atoms with Crippen molar-refractivity contribution in [3.05, 3.63) is 42.0 Å². The normalized spacial score (nSPS) is 20.2. The number of unbranched alkanes of at least 4 members (excludes halogenated alkanes) is 1. The monoisotopic (exact) mass is 542 g/mol. The summed E-state index contributed by atoms with van der Waals surface area (Å²) in [5, 5.41) is 19.8. The average molecular weight is 543 g/mol. The maximum Gasteiger partial charge on any atom is 0.308 e. The molecule has 1 aromatic carbocycles. The Bertz CT molecular complexity index is 1110. The van der Waals surface area contributed by atoms with Gasteiger partial charge in [0.2, 0.25) is 18.4 Å². The number of likely N-dealkylation sites (tertiary alicyclic amines) is 1. The molecule has 3 atom stereocenters. The van der Waals surface area contributed by atoms with Gasteiger partial charge < -0.3 is 29.3 Å². The lowest BCUT2D eigenvalue weighted by atomic mass is 9.83. The van der Waals surface area contributed by atoms with E-state index in [0.29, 0.717) is 56.1 Å². The lowest BCUT2D eigenvalue weighted by Gasteiger charge is -2.29. The summed E-state index contributed by atoms with van der Waals surface area (Å²) < 4.78 is 16.7. The van der Waals surface area contributed by atoms with Crippen molar-refractivity contribution in [2.24, 2.45) is 5.92 Å². The van der Waals surface area contributed by atoms with E-state index >= 15 is 0 Å². The molecule has 1 aromatic heterocycles. The van der Waals surface area contributed by atoms with Gasteiger partial charge in [0.15, 0.2) is 11.5 Å². The molecule has 2 aliphatic heterocycles. The van der Waals surface area contributed by atoms with E-state index in [0.717, 1.165) is 24.1 Å². The number of ether oxygens (including phenoxy) is 3. The van der Waals surface area contributed by atoms with Crippen LogP contribution in [0, 0.1) is 5.92 Å². The number of aliphatic hydroxyl groups excluding tert-OH is 1. The summed E-state index contributed by atoms with van der Waals surface area (Å²) in [4.78, 5) is 38.3. The van der Waals surface area contributed by atoms with Gasteiger partial charge in [-0.1, -0.05) is 13.3 Å². The number of hydrogen-bond donors (Lipinski definition) is 2. The van der Waals surface area contributed by atoms with Gasteiger partial charge in [-0.3, -0.25) is 14.5 Å². The summed E-state index contributed by atoms with van der Waals surface area (Å²) in [5.41, 5.74) is 1.59. The van der Waals surface area contributed by atoms with E-state index in [9.17, 15) is 19.8 Å². The van der Waals surface area contributed by atoms with Crippen LogP contribution < -0.4 is 14.2 Å². The third-order valence-electron chi connectivity index (χ3n) is 7.54. The van der Waals surface area contributed by atoms with Crippen molar-refractivity contribution in [3.8, 4) is 17.2 Å². The first-order valence-electron chi connectivity index (χ1n) is 13.5. The Morgan fingerprint density at radius 3 is 2.74 bits per heavy atom. The predicted molar refractivity (Wildman–Crippen MR) is 142 cm³/mol. The lowest BCUT2D eigenvalue weighted by molar-refractivity contribution is -0.143. The van der Waals surface area contributed by atoms with Crippen LogP contribution in [0.3, 0.4) is 0 Å². The molecule has 1 unspecified atom stereocenters. The van der Waals surface area contributed by atoms with Crippen LogP contribution in [0.4, 0.5) is 0 Å². The first-order valence-corrected chi connectivity index (χ1v) is 13.5. The number of rotatable bonds is 14. The van der Waals surface area contributed by atoms with Gasteiger partial charge in [-0.15, -0.1) is 0 Å². The second-order valence-electron chi connectivity index (χ2n) is 9.98. The van der Waals surface area contributed by atoms with E-state index in [-0.39, 0.29) is 25.9 Å². The van der Waals surface area contributed by atoms with Gasteiger partial charge in [-0.2, -0.15) is 0 Å². The number of aromatic nitrogens is 2. The van der Waals surface area contributed by atoms with Gasteiger partial charge in [0.1, 0.15) is 6.33 Å². The number of aliphatic hydroxyl groups is 1. The Morgan fingerprint density at radius 2 is 2.05 bits per heavy atom. The number of carbonyl (C=O) groups excluding carboxylic acids is 1. The SMILES string of the molecule is CCCCN(CCCO)C(=O)CN1C[C@H](c2cc(OC)c3c(c2)OCO3)C(C(=O)O)[C@@H]1CCc1ccncn1. The second kappa shape index (κ2) is 13.6. The molecule has 0 aliphatic carbocycles. The first kappa shape index (κ1) is 28.6. The molecule has 11 heteroatoms. The molecular formula is C28H38N4O7. The van der Waals surface area contributed by atoms with Crippen LogP contribution in [0.15, 0.2) is 30.7 Å². The molecule has 11 nitrogen and oxygen atoms in total. The molecule has 212 valence electrons. The average Bonchev–Trinajstić information content (AvgIpc) is 3.56. The molecule has 1 fully saturated rings. The topological polar surface area (TPSA) is 135 Å². The second-order valence-corrected chi connectivity index (χ2v) is 9.98. The van der Waals surface area contributed by atoms with Crippen LogP contribution in [0.5, 0.6) is 17.2 Å². The molecule has 2 N–H and O–H groups in total. The molecule has 2 aromatic rings. The molecule has 0 radical (unpaired) electrons.